The van der Waals surface area contributed by atoms with Crippen LogP contribution in [0.5, 0.6) is 5.75 Å². The molecule has 0 saturated carbocycles. The van der Waals surface area contributed by atoms with Crippen molar-refractivity contribution in [1.29, 1.82) is 0 Å². The molecule has 0 aliphatic carbocycles. The normalized spacial score (nSPS) is 10.7. The molecule has 0 heterocycles. The van der Waals surface area contributed by atoms with Crippen molar-refractivity contribution in [3.05, 3.63) is 54.3 Å². The van der Waals surface area contributed by atoms with Crippen LogP contribution in [0.4, 0.5) is 15.8 Å². The SMILES string of the molecule is CN=C(NCC(=O)Nc1ccc(F)cc1)Nc1cccc(OCCCOC)c1.I. The maximum absolute atomic E-state index is 12.9. The molecule has 29 heavy (non-hydrogen) atoms. The molecule has 0 aromatic heterocycles. The van der Waals surface area contributed by atoms with E-state index in [0.717, 1.165) is 17.9 Å². The summed E-state index contributed by atoms with van der Waals surface area (Å²) in [6.45, 7) is 1.21. The Morgan fingerprint density at radius 3 is 2.52 bits per heavy atom. The summed E-state index contributed by atoms with van der Waals surface area (Å²) in [7, 11) is 3.27. The predicted octanol–water partition coefficient (Wildman–Crippen LogP) is 3.49. The molecule has 2 aromatic carbocycles. The molecule has 0 bridgehead atoms. The van der Waals surface area contributed by atoms with E-state index in [1.807, 2.05) is 24.3 Å². The second-order valence-corrected chi connectivity index (χ2v) is 5.83. The van der Waals surface area contributed by atoms with E-state index in [-0.39, 0.29) is 42.2 Å². The number of aliphatic imine (C=N–C) groups is 1. The van der Waals surface area contributed by atoms with E-state index in [9.17, 15) is 9.18 Å². The zero-order chi connectivity index (χ0) is 20.2. The lowest BCUT2D eigenvalue weighted by atomic mass is 10.3. The monoisotopic (exact) mass is 516 g/mol. The maximum Gasteiger partial charge on any atom is 0.243 e. The number of rotatable bonds is 9. The number of hydrogen-bond donors (Lipinski definition) is 3. The van der Waals surface area contributed by atoms with Crippen molar-refractivity contribution in [3.63, 3.8) is 0 Å². The fraction of sp³-hybridized carbons (Fsp3) is 0.300. The predicted molar refractivity (Wildman–Crippen MR) is 124 cm³/mol. The summed E-state index contributed by atoms with van der Waals surface area (Å²) < 4.78 is 23.6. The minimum Gasteiger partial charge on any atom is -0.493 e. The van der Waals surface area contributed by atoms with Crippen LogP contribution < -0.4 is 20.7 Å². The molecule has 9 heteroatoms. The Labute approximate surface area is 187 Å². The number of anilines is 2. The lowest BCUT2D eigenvalue weighted by molar-refractivity contribution is -0.115. The average Bonchev–Trinajstić information content (AvgIpc) is 2.70. The van der Waals surface area contributed by atoms with Crippen LogP contribution in [0.2, 0.25) is 0 Å². The van der Waals surface area contributed by atoms with Crippen LogP contribution in [0.3, 0.4) is 0 Å². The molecule has 0 atom stereocenters. The van der Waals surface area contributed by atoms with E-state index in [0.29, 0.717) is 24.9 Å². The molecular weight excluding hydrogens is 490 g/mol. The second kappa shape index (κ2) is 13.7. The molecule has 0 aliphatic rings. The molecule has 0 saturated heterocycles. The van der Waals surface area contributed by atoms with E-state index in [1.165, 1.54) is 24.3 Å². The van der Waals surface area contributed by atoms with Crippen molar-refractivity contribution in [2.75, 3.05) is 44.5 Å². The topological polar surface area (TPSA) is 84.0 Å². The zero-order valence-corrected chi connectivity index (χ0v) is 18.7. The van der Waals surface area contributed by atoms with Gasteiger partial charge in [0, 0.05) is 44.6 Å². The number of ether oxygens (including phenoxy) is 2. The Morgan fingerprint density at radius 2 is 1.83 bits per heavy atom. The molecule has 1 amide bonds. The highest BCUT2D eigenvalue weighted by molar-refractivity contribution is 14.0. The Hall–Kier alpha value is -2.40. The van der Waals surface area contributed by atoms with Crippen LogP contribution in [0.25, 0.3) is 0 Å². The molecule has 2 aromatic rings. The molecule has 0 radical (unpaired) electrons. The van der Waals surface area contributed by atoms with Gasteiger partial charge in [-0.15, -0.1) is 24.0 Å². The largest absolute Gasteiger partial charge is 0.493 e. The van der Waals surface area contributed by atoms with Crippen LogP contribution in [0, 0.1) is 5.82 Å². The van der Waals surface area contributed by atoms with Crippen LogP contribution in [-0.4, -0.2) is 45.8 Å². The number of amides is 1. The van der Waals surface area contributed by atoms with Crippen LogP contribution in [0.1, 0.15) is 6.42 Å². The fourth-order valence-electron chi connectivity index (χ4n) is 2.28. The highest BCUT2D eigenvalue weighted by atomic mass is 127. The molecule has 7 nitrogen and oxygen atoms in total. The third kappa shape index (κ3) is 9.57. The average molecular weight is 516 g/mol. The van der Waals surface area contributed by atoms with Gasteiger partial charge < -0.3 is 25.4 Å². The van der Waals surface area contributed by atoms with Gasteiger partial charge >= 0.3 is 0 Å². The minimum absolute atomic E-state index is 0. The van der Waals surface area contributed by atoms with Gasteiger partial charge in [0.05, 0.1) is 13.2 Å². The number of hydrogen-bond acceptors (Lipinski definition) is 4. The van der Waals surface area contributed by atoms with E-state index in [4.69, 9.17) is 9.47 Å². The number of halogens is 2. The van der Waals surface area contributed by atoms with Gasteiger partial charge in [-0.3, -0.25) is 9.79 Å². The second-order valence-electron chi connectivity index (χ2n) is 5.83. The standard InChI is InChI=1S/C20H25FN4O3.HI/c1-22-20(23-14-19(26)24-16-9-7-15(21)8-10-16)25-17-5-3-6-18(13-17)28-12-4-11-27-2;/h3,5-10,13H,4,11-12,14H2,1-2H3,(H,24,26)(H2,22,23,25);1H. The van der Waals surface area contributed by atoms with Crippen molar-refractivity contribution >= 4 is 47.2 Å². The molecule has 158 valence electrons. The van der Waals surface area contributed by atoms with Gasteiger partial charge in [0.1, 0.15) is 11.6 Å². The third-order valence-electron chi connectivity index (χ3n) is 3.63. The number of carbonyl (C=O) groups excluding carboxylic acids is 1. The van der Waals surface area contributed by atoms with Crippen molar-refractivity contribution < 1.29 is 18.7 Å². The first kappa shape index (κ1) is 24.6. The Kier molecular flexibility index (Phi) is 11.7. The quantitative estimate of drug-likeness (QED) is 0.206. The molecule has 2 rings (SSSR count). The molecule has 0 unspecified atom stereocenters. The number of methoxy groups -OCH3 is 1. The van der Waals surface area contributed by atoms with Gasteiger partial charge in [-0.25, -0.2) is 4.39 Å². The smallest absolute Gasteiger partial charge is 0.243 e. The van der Waals surface area contributed by atoms with Crippen molar-refractivity contribution in [1.82, 2.24) is 5.32 Å². The molecular formula is C20H26FIN4O3. The summed E-state index contributed by atoms with van der Waals surface area (Å²) in [5, 5.41) is 8.70. The minimum atomic E-state index is -0.356. The van der Waals surface area contributed by atoms with E-state index in [1.54, 1.807) is 14.2 Å². The third-order valence-corrected chi connectivity index (χ3v) is 3.63. The summed E-state index contributed by atoms with van der Waals surface area (Å²) in [6.07, 6.45) is 0.806. The summed E-state index contributed by atoms with van der Waals surface area (Å²) in [6, 6.07) is 13.0. The number of nitrogens with zero attached hydrogens (tertiary/aromatic N) is 1. The lowest BCUT2D eigenvalue weighted by Gasteiger charge is -2.13. The highest BCUT2D eigenvalue weighted by Gasteiger charge is 2.06. The maximum atomic E-state index is 12.9. The van der Waals surface area contributed by atoms with Crippen molar-refractivity contribution in [2.24, 2.45) is 4.99 Å². The van der Waals surface area contributed by atoms with E-state index >= 15 is 0 Å². The Balaban J connectivity index is 0.00000420. The van der Waals surface area contributed by atoms with Crippen LogP contribution in [0.15, 0.2) is 53.5 Å². The summed E-state index contributed by atoms with van der Waals surface area (Å²) in [4.78, 5) is 16.1. The van der Waals surface area contributed by atoms with Crippen molar-refractivity contribution in [2.45, 2.75) is 6.42 Å². The first-order valence-electron chi connectivity index (χ1n) is 8.85. The molecule has 0 spiro atoms. The number of carbonyl (C=O) groups is 1. The molecule has 0 fully saturated rings. The van der Waals surface area contributed by atoms with Gasteiger partial charge in [0.2, 0.25) is 5.91 Å². The number of guanidine groups is 1. The van der Waals surface area contributed by atoms with Gasteiger partial charge in [-0.1, -0.05) is 6.07 Å². The number of nitrogens with one attached hydrogen (secondary N) is 3. The molecule has 3 N–H and O–H groups in total. The summed E-state index contributed by atoms with van der Waals surface area (Å²) in [5.41, 5.74) is 1.30. The molecule has 0 aliphatic heterocycles. The van der Waals surface area contributed by atoms with Gasteiger partial charge in [-0.2, -0.15) is 0 Å². The Bertz CT molecular complexity index is 788. The lowest BCUT2D eigenvalue weighted by Crippen LogP contribution is -2.37. The van der Waals surface area contributed by atoms with Crippen LogP contribution >= 0.6 is 24.0 Å². The van der Waals surface area contributed by atoms with E-state index in [2.05, 4.69) is 20.9 Å². The van der Waals surface area contributed by atoms with Crippen LogP contribution in [-0.2, 0) is 9.53 Å². The zero-order valence-electron chi connectivity index (χ0n) is 16.4. The summed E-state index contributed by atoms with van der Waals surface area (Å²) in [5.74, 6) is 0.534. The fourth-order valence-corrected chi connectivity index (χ4v) is 2.28. The van der Waals surface area contributed by atoms with Gasteiger partial charge in [0.15, 0.2) is 5.96 Å². The first-order valence-corrected chi connectivity index (χ1v) is 8.85. The first-order chi connectivity index (χ1) is 13.6. The van der Waals surface area contributed by atoms with E-state index < -0.39 is 0 Å². The van der Waals surface area contributed by atoms with Gasteiger partial charge in [0.25, 0.3) is 0 Å². The summed E-state index contributed by atoms with van der Waals surface area (Å²) >= 11 is 0. The highest BCUT2D eigenvalue weighted by Crippen LogP contribution is 2.17. The van der Waals surface area contributed by atoms with Gasteiger partial charge in [-0.05, 0) is 36.4 Å². The van der Waals surface area contributed by atoms with Crippen molar-refractivity contribution in [3.8, 4) is 5.75 Å². The Morgan fingerprint density at radius 1 is 1.07 bits per heavy atom. The number of benzene rings is 2.